The molecule has 3 rings (SSSR count). The molecule has 0 unspecified atom stereocenters. The van der Waals surface area contributed by atoms with E-state index in [4.69, 9.17) is 4.74 Å². The lowest BCUT2D eigenvalue weighted by Crippen LogP contribution is -2.15. The quantitative estimate of drug-likeness (QED) is 0.375. The van der Waals surface area contributed by atoms with Crippen LogP contribution in [0.2, 0.25) is 0 Å². The number of benzene rings is 1. The van der Waals surface area contributed by atoms with Gasteiger partial charge in [0.05, 0.1) is 5.75 Å². The van der Waals surface area contributed by atoms with Crippen LogP contribution in [0.25, 0.3) is 0 Å². The number of anilines is 1. The third-order valence-electron chi connectivity index (χ3n) is 4.14. The highest BCUT2D eigenvalue weighted by Crippen LogP contribution is 2.22. The number of hydrogen-bond donors (Lipinski definition) is 1. The molecular weight excluding hydrogens is 420 g/mol. The zero-order valence-electron chi connectivity index (χ0n) is 17.2. The van der Waals surface area contributed by atoms with E-state index >= 15 is 0 Å². The number of aromatic nitrogens is 5. The topological polar surface area (TPSA) is 94.8 Å². The van der Waals surface area contributed by atoms with E-state index in [0.717, 1.165) is 22.7 Å². The molecule has 3 aromatic rings. The Hall–Kier alpha value is -2.72. The van der Waals surface area contributed by atoms with Gasteiger partial charge in [0.15, 0.2) is 11.0 Å². The summed E-state index contributed by atoms with van der Waals surface area (Å²) < 4.78 is 7.83. The molecule has 0 saturated carbocycles. The van der Waals surface area contributed by atoms with E-state index in [1.54, 1.807) is 6.08 Å². The Balaban J connectivity index is 1.61. The van der Waals surface area contributed by atoms with Gasteiger partial charge in [-0.3, -0.25) is 14.7 Å². The van der Waals surface area contributed by atoms with Crippen LogP contribution in [-0.2, 0) is 24.4 Å². The van der Waals surface area contributed by atoms with Gasteiger partial charge in [0.1, 0.15) is 17.4 Å². The molecule has 0 spiro atoms. The molecular formula is C20H24N6O2S2. The molecule has 0 aliphatic carbocycles. The molecule has 0 aliphatic rings. The highest BCUT2D eigenvalue weighted by Gasteiger charge is 2.15. The number of carbonyl (C=O) groups excluding carboxylic acids is 1. The summed E-state index contributed by atoms with van der Waals surface area (Å²) in [6.07, 6.45) is 2.56. The minimum absolute atomic E-state index is 0.167. The fourth-order valence-electron chi connectivity index (χ4n) is 2.68. The van der Waals surface area contributed by atoms with Gasteiger partial charge in [-0.1, -0.05) is 53.8 Å². The molecule has 0 saturated heterocycles. The van der Waals surface area contributed by atoms with Crippen LogP contribution in [0, 0.1) is 13.8 Å². The van der Waals surface area contributed by atoms with E-state index in [2.05, 4.69) is 38.4 Å². The number of allylic oxidation sites excluding steroid dienone is 1. The van der Waals surface area contributed by atoms with Crippen molar-refractivity contribution in [2.24, 2.45) is 0 Å². The standard InChI is InChI=1S/C20H24N6O2S2/c1-5-9-26-16(11-28-15-8-7-13(3)10-14(15)4)22-25-20(26)29-12-17(27)21-19-24-23-18(6-2)30-19/h5,7-8,10H,1,6,9,11-12H2,2-4H3,(H,21,24,27). The van der Waals surface area contributed by atoms with Crippen molar-refractivity contribution >= 4 is 34.1 Å². The average Bonchev–Trinajstić information content (AvgIpc) is 3.33. The van der Waals surface area contributed by atoms with E-state index in [1.807, 2.05) is 37.5 Å². The molecule has 10 heteroatoms. The number of amides is 1. The summed E-state index contributed by atoms with van der Waals surface area (Å²) in [5.41, 5.74) is 2.25. The maximum absolute atomic E-state index is 12.2. The van der Waals surface area contributed by atoms with Gasteiger partial charge in [0.25, 0.3) is 0 Å². The van der Waals surface area contributed by atoms with Crippen molar-refractivity contribution < 1.29 is 9.53 Å². The molecule has 1 N–H and O–H groups in total. The van der Waals surface area contributed by atoms with Crippen molar-refractivity contribution in [3.8, 4) is 5.75 Å². The van der Waals surface area contributed by atoms with Crippen molar-refractivity contribution in [2.75, 3.05) is 11.1 Å². The molecule has 0 aliphatic heterocycles. The van der Waals surface area contributed by atoms with Crippen molar-refractivity contribution in [2.45, 2.75) is 45.5 Å². The molecule has 0 bridgehead atoms. The van der Waals surface area contributed by atoms with Gasteiger partial charge in [-0.25, -0.2) is 0 Å². The summed E-state index contributed by atoms with van der Waals surface area (Å²) in [5.74, 6) is 1.51. The fraction of sp³-hybridized carbons (Fsp3) is 0.350. The van der Waals surface area contributed by atoms with E-state index in [9.17, 15) is 4.79 Å². The zero-order valence-corrected chi connectivity index (χ0v) is 18.8. The molecule has 2 aromatic heterocycles. The molecule has 0 atom stereocenters. The number of ether oxygens (including phenoxy) is 1. The lowest BCUT2D eigenvalue weighted by Gasteiger charge is -2.11. The number of carbonyl (C=O) groups is 1. The van der Waals surface area contributed by atoms with E-state index < -0.39 is 0 Å². The van der Waals surface area contributed by atoms with Crippen LogP contribution < -0.4 is 10.1 Å². The molecule has 1 aromatic carbocycles. The number of rotatable bonds is 10. The third kappa shape index (κ3) is 5.67. The monoisotopic (exact) mass is 444 g/mol. The molecule has 0 radical (unpaired) electrons. The first-order valence-corrected chi connectivity index (χ1v) is 11.3. The number of nitrogens with zero attached hydrogens (tertiary/aromatic N) is 5. The Morgan fingerprint density at radius 3 is 2.83 bits per heavy atom. The van der Waals surface area contributed by atoms with Crippen LogP contribution in [0.4, 0.5) is 5.13 Å². The summed E-state index contributed by atoms with van der Waals surface area (Å²) in [4.78, 5) is 12.2. The van der Waals surface area contributed by atoms with E-state index in [1.165, 1.54) is 28.7 Å². The Labute approximate surface area is 183 Å². The van der Waals surface area contributed by atoms with Crippen molar-refractivity contribution in [1.82, 2.24) is 25.0 Å². The van der Waals surface area contributed by atoms with Gasteiger partial charge in [-0.2, -0.15) is 0 Å². The second-order valence-electron chi connectivity index (χ2n) is 6.55. The first-order chi connectivity index (χ1) is 14.5. The highest BCUT2D eigenvalue weighted by molar-refractivity contribution is 7.99. The molecule has 1 amide bonds. The number of hydrogen-bond acceptors (Lipinski definition) is 8. The van der Waals surface area contributed by atoms with E-state index in [0.29, 0.717) is 22.7 Å². The summed E-state index contributed by atoms with van der Waals surface area (Å²) >= 11 is 2.68. The van der Waals surface area contributed by atoms with Gasteiger partial charge in [-0.15, -0.1) is 27.0 Å². The lowest BCUT2D eigenvalue weighted by molar-refractivity contribution is -0.113. The second-order valence-corrected chi connectivity index (χ2v) is 8.55. The Kier molecular flexibility index (Phi) is 7.58. The number of aryl methyl sites for hydroxylation is 3. The largest absolute Gasteiger partial charge is 0.485 e. The van der Waals surface area contributed by atoms with Crippen molar-refractivity contribution in [3.63, 3.8) is 0 Å². The van der Waals surface area contributed by atoms with Gasteiger partial charge in [0, 0.05) is 6.54 Å². The average molecular weight is 445 g/mol. The van der Waals surface area contributed by atoms with Crippen LogP contribution >= 0.6 is 23.1 Å². The van der Waals surface area contributed by atoms with Gasteiger partial charge in [-0.05, 0) is 31.9 Å². The summed E-state index contributed by atoms with van der Waals surface area (Å²) in [7, 11) is 0. The normalized spacial score (nSPS) is 10.8. The van der Waals surface area contributed by atoms with Crippen molar-refractivity contribution in [1.29, 1.82) is 0 Å². The molecule has 30 heavy (non-hydrogen) atoms. The smallest absolute Gasteiger partial charge is 0.236 e. The Bertz CT molecular complexity index is 1030. The van der Waals surface area contributed by atoms with Crippen LogP contribution in [0.5, 0.6) is 5.75 Å². The lowest BCUT2D eigenvalue weighted by atomic mass is 10.1. The fourth-order valence-corrected chi connectivity index (χ4v) is 4.14. The molecule has 158 valence electrons. The third-order valence-corrected chi connectivity index (χ3v) is 6.09. The predicted octanol–water partition coefficient (Wildman–Crippen LogP) is 3.80. The van der Waals surface area contributed by atoms with Crippen LogP contribution in [0.3, 0.4) is 0 Å². The zero-order chi connectivity index (χ0) is 21.5. The maximum Gasteiger partial charge on any atom is 0.236 e. The molecule has 0 fully saturated rings. The SMILES string of the molecule is C=CCn1c(COc2ccc(C)cc2C)nnc1SCC(=O)Nc1nnc(CC)s1. The summed E-state index contributed by atoms with van der Waals surface area (Å²) in [6, 6.07) is 6.04. The first-order valence-electron chi connectivity index (χ1n) is 9.48. The molecule has 2 heterocycles. The van der Waals surface area contributed by atoms with Crippen molar-refractivity contribution in [3.05, 3.63) is 52.8 Å². The first kappa shape index (κ1) is 22.0. The summed E-state index contributed by atoms with van der Waals surface area (Å²) in [5, 5.41) is 21.2. The predicted molar refractivity (Wildman–Crippen MR) is 119 cm³/mol. The minimum atomic E-state index is -0.167. The Morgan fingerprint density at radius 2 is 2.13 bits per heavy atom. The van der Waals surface area contributed by atoms with E-state index in [-0.39, 0.29) is 18.3 Å². The van der Waals surface area contributed by atoms with Crippen LogP contribution in [0.1, 0.15) is 28.9 Å². The van der Waals surface area contributed by atoms with Crippen LogP contribution in [0.15, 0.2) is 36.0 Å². The number of thioether (sulfide) groups is 1. The highest BCUT2D eigenvalue weighted by atomic mass is 32.2. The van der Waals surface area contributed by atoms with Gasteiger partial charge < -0.3 is 4.74 Å². The number of nitrogens with one attached hydrogen (secondary N) is 1. The maximum atomic E-state index is 12.2. The summed E-state index contributed by atoms with van der Waals surface area (Å²) in [6.45, 7) is 10.7. The van der Waals surface area contributed by atoms with Gasteiger partial charge >= 0.3 is 0 Å². The minimum Gasteiger partial charge on any atom is -0.485 e. The Morgan fingerprint density at radius 1 is 1.30 bits per heavy atom. The second kappa shape index (κ2) is 10.4. The van der Waals surface area contributed by atoms with Crippen LogP contribution in [-0.4, -0.2) is 36.6 Å². The molecule has 8 nitrogen and oxygen atoms in total. The van der Waals surface area contributed by atoms with Gasteiger partial charge in [0.2, 0.25) is 11.0 Å².